The molecule has 0 saturated carbocycles. The molecule has 176 valence electrons. The van der Waals surface area contributed by atoms with Gasteiger partial charge in [-0.15, -0.1) is 10.2 Å². The van der Waals surface area contributed by atoms with Crippen molar-refractivity contribution in [2.24, 2.45) is 0 Å². The van der Waals surface area contributed by atoms with Crippen molar-refractivity contribution in [1.29, 1.82) is 0 Å². The monoisotopic (exact) mass is 487 g/mol. The van der Waals surface area contributed by atoms with E-state index in [-0.39, 0.29) is 28.9 Å². The van der Waals surface area contributed by atoms with Gasteiger partial charge in [-0.1, -0.05) is 55.1 Å². The van der Waals surface area contributed by atoms with Gasteiger partial charge in [0.2, 0.25) is 5.89 Å². The molecule has 11 heteroatoms. The lowest BCUT2D eigenvalue weighted by atomic mass is 10.1. The van der Waals surface area contributed by atoms with Gasteiger partial charge in [-0.3, -0.25) is 9.36 Å². The molecular formula is C23H20F3N5O2S. The molecule has 0 bridgehead atoms. The summed E-state index contributed by atoms with van der Waals surface area (Å²) in [5, 5.41) is 11.5. The number of carbonyl (C=O) groups is 1. The highest BCUT2D eigenvalue weighted by Crippen LogP contribution is 2.34. The quantitative estimate of drug-likeness (QED) is 0.336. The molecule has 0 radical (unpaired) electrons. The minimum absolute atomic E-state index is 0.161. The number of hydrogen-bond donors (Lipinski definition) is 1. The van der Waals surface area contributed by atoms with Gasteiger partial charge < -0.3 is 9.73 Å². The van der Waals surface area contributed by atoms with E-state index >= 15 is 0 Å². The van der Waals surface area contributed by atoms with Crippen molar-refractivity contribution >= 4 is 17.7 Å². The molecule has 2 heterocycles. The lowest BCUT2D eigenvalue weighted by molar-refractivity contribution is -0.137. The number of aromatic nitrogens is 4. The predicted molar refractivity (Wildman–Crippen MR) is 120 cm³/mol. The van der Waals surface area contributed by atoms with E-state index < -0.39 is 11.7 Å². The third-order valence-corrected chi connectivity index (χ3v) is 5.66. The van der Waals surface area contributed by atoms with Crippen LogP contribution in [0.25, 0.3) is 17.1 Å². The van der Waals surface area contributed by atoms with E-state index in [0.29, 0.717) is 23.1 Å². The zero-order valence-corrected chi connectivity index (χ0v) is 18.9. The van der Waals surface area contributed by atoms with Crippen LogP contribution in [0, 0.1) is 0 Å². The Bertz CT molecular complexity index is 1270. The van der Waals surface area contributed by atoms with Crippen LogP contribution in [0.4, 0.5) is 13.2 Å². The Morgan fingerprint density at radius 2 is 1.91 bits per heavy atom. The first-order valence-corrected chi connectivity index (χ1v) is 11.4. The number of hydrogen-bond acceptors (Lipinski definition) is 6. The van der Waals surface area contributed by atoms with Crippen molar-refractivity contribution in [2.45, 2.75) is 30.4 Å². The fourth-order valence-corrected chi connectivity index (χ4v) is 3.93. The highest BCUT2D eigenvalue weighted by Gasteiger charge is 2.31. The number of halogens is 3. The first kappa shape index (κ1) is 23.6. The van der Waals surface area contributed by atoms with E-state index in [1.807, 2.05) is 25.1 Å². The van der Waals surface area contributed by atoms with Gasteiger partial charge in [0.25, 0.3) is 5.91 Å². The predicted octanol–water partition coefficient (Wildman–Crippen LogP) is 5.37. The molecule has 1 N–H and O–H groups in total. The summed E-state index contributed by atoms with van der Waals surface area (Å²) in [6.07, 6.45) is -2.42. The van der Waals surface area contributed by atoms with Crippen LogP contribution in [0.3, 0.4) is 0 Å². The highest BCUT2D eigenvalue weighted by molar-refractivity contribution is 7.98. The average molecular weight is 488 g/mol. The second-order valence-corrected chi connectivity index (χ2v) is 8.17. The lowest BCUT2D eigenvalue weighted by Gasteiger charge is -2.13. The molecule has 7 nitrogen and oxygen atoms in total. The normalized spacial score (nSPS) is 11.5. The summed E-state index contributed by atoms with van der Waals surface area (Å²) >= 11 is 1.19. The molecule has 34 heavy (non-hydrogen) atoms. The van der Waals surface area contributed by atoms with Crippen molar-refractivity contribution in [1.82, 2.24) is 25.1 Å². The van der Waals surface area contributed by atoms with Crippen LogP contribution < -0.4 is 5.32 Å². The van der Waals surface area contributed by atoms with Gasteiger partial charge in [0.05, 0.1) is 17.0 Å². The Hall–Kier alpha value is -3.60. The van der Waals surface area contributed by atoms with Crippen LogP contribution in [-0.4, -0.2) is 32.2 Å². The maximum absolute atomic E-state index is 13.3. The Morgan fingerprint density at radius 3 is 2.65 bits per heavy atom. The fraction of sp³-hybridized carbons (Fsp3) is 0.217. The highest BCUT2D eigenvalue weighted by atomic mass is 32.2. The molecule has 0 aliphatic rings. The maximum atomic E-state index is 13.3. The van der Waals surface area contributed by atoms with E-state index in [4.69, 9.17) is 4.42 Å². The molecule has 4 aromatic rings. The first-order chi connectivity index (χ1) is 16.4. The van der Waals surface area contributed by atoms with Crippen molar-refractivity contribution in [3.8, 4) is 17.1 Å². The Kier molecular flexibility index (Phi) is 7.01. The van der Waals surface area contributed by atoms with Crippen LogP contribution in [0.5, 0.6) is 0 Å². The van der Waals surface area contributed by atoms with Crippen LogP contribution in [-0.2, 0) is 11.9 Å². The standard InChI is InChI=1S/C23H20F3N5O2S/c1-2-11-27-21(32)18-13-33-19(28-18)14-34-22-30-29-20(15-7-4-3-5-8-15)31(22)17-10-6-9-16(12-17)23(24,25)26/h3-10,12-13H,2,11,14H2,1H3,(H,27,32). The number of amides is 1. The van der Waals surface area contributed by atoms with Crippen molar-refractivity contribution in [2.75, 3.05) is 6.54 Å². The van der Waals surface area contributed by atoms with Crippen LogP contribution in [0.2, 0.25) is 0 Å². The van der Waals surface area contributed by atoms with Gasteiger partial charge >= 0.3 is 6.18 Å². The van der Waals surface area contributed by atoms with Gasteiger partial charge in [0.1, 0.15) is 6.26 Å². The van der Waals surface area contributed by atoms with Gasteiger partial charge in [-0.2, -0.15) is 13.2 Å². The van der Waals surface area contributed by atoms with Gasteiger partial charge in [-0.05, 0) is 24.6 Å². The van der Waals surface area contributed by atoms with E-state index in [0.717, 1.165) is 18.6 Å². The molecule has 0 aliphatic heterocycles. The van der Waals surface area contributed by atoms with Crippen LogP contribution >= 0.6 is 11.8 Å². The second-order valence-electron chi connectivity index (χ2n) is 7.23. The van der Waals surface area contributed by atoms with Crippen LogP contribution in [0.1, 0.15) is 35.3 Å². The smallest absolute Gasteiger partial charge is 0.416 e. The zero-order chi connectivity index (χ0) is 24.1. The van der Waals surface area contributed by atoms with E-state index in [9.17, 15) is 18.0 Å². The average Bonchev–Trinajstić information content (AvgIpc) is 3.48. The Labute approximate surface area is 197 Å². The van der Waals surface area contributed by atoms with Crippen molar-refractivity contribution in [3.63, 3.8) is 0 Å². The molecule has 1 amide bonds. The summed E-state index contributed by atoms with van der Waals surface area (Å²) in [5.41, 5.74) is 0.357. The first-order valence-electron chi connectivity index (χ1n) is 10.4. The summed E-state index contributed by atoms with van der Waals surface area (Å²) in [6, 6.07) is 14.0. The van der Waals surface area contributed by atoms with E-state index in [2.05, 4.69) is 20.5 Å². The molecule has 0 fully saturated rings. The Morgan fingerprint density at radius 1 is 1.12 bits per heavy atom. The van der Waals surface area contributed by atoms with Gasteiger partial charge in [0, 0.05) is 12.1 Å². The van der Waals surface area contributed by atoms with E-state index in [1.54, 1.807) is 22.8 Å². The second kappa shape index (κ2) is 10.1. The summed E-state index contributed by atoms with van der Waals surface area (Å²) in [6.45, 7) is 2.47. The molecule has 2 aromatic heterocycles. The largest absolute Gasteiger partial charge is 0.447 e. The van der Waals surface area contributed by atoms with Crippen molar-refractivity contribution < 1.29 is 22.4 Å². The number of nitrogens with zero attached hydrogens (tertiary/aromatic N) is 4. The molecule has 0 aliphatic carbocycles. The molecular weight excluding hydrogens is 467 g/mol. The fourth-order valence-electron chi connectivity index (χ4n) is 3.13. The van der Waals surface area contributed by atoms with Crippen molar-refractivity contribution in [3.05, 3.63) is 78.0 Å². The van der Waals surface area contributed by atoms with Crippen LogP contribution in [0.15, 0.2) is 70.4 Å². The summed E-state index contributed by atoms with van der Waals surface area (Å²) in [7, 11) is 0. The lowest BCUT2D eigenvalue weighted by Crippen LogP contribution is -2.24. The van der Waals surface area contributed by atoms with E-state index in [1.165, 1.54) is 24.1 Å². The molecule has 0 unspecified atom stereocenters. The molecule has 0 atom stereocenters. The number of rotatable bonds is 8. The molecule has 0 saturated heterocycles. The number of oxazole rings is 1. The number of benzene rings is 2. The minimum Gasteiger partial charge on any atom is -0.447 e. The van der Waals surface area contributed by atoms with Gasteiger partial charge in [0.15, 0.2) is 16.7 Å². The maximum Gasteiger partial charge on any atom is 0.416 e. The molecule has 2 aromatic carbocycles. The van der Waals surface area contributed by atoms with Gasteiger partial charge in [-0.25, -0.2) is 4.98 Å². The third kappa shape index (κ3) is 5.30. The topological polar surface area (TPSA) is 85.8 Å². The zero-order valence-electron chi connectivity index (χ0n) is 18.0. The SMILES string of the molecule is CCCNC(=O)c1coc(CSc2nnc(-c3ccccc3)n2-c2cccc(C(F)(F)F)c2)n1. The third-order valence-electron chi connectivity index (χ3n) is 4.74. The summed E-state index contributed by atoms with van der Waals surface area (Å²) < 4.78 is 47.0. The molecule has 0 spiro atoms. The minimum atomic E-state index is -4.49. The number of thioether (sulfide) groups is 1. The number of alkyl halides is 3. The number of nitrogens with one attached hydrogen (secondary N) is 1. The summed E-state index contributed by atoms with van der Waals surface area (Å²) in [4.78, 5) is 16.2. The molecule has 4 rings (SSSR count). The number of carbonyl (C=O) groups excluding carboxylic acids is 1. The summed E-state index contributed by atoms with van der Waals surface area (Å²) in [5.74, 6) is 0.550. The Balaban J connectivity index is 1.65.